The summed E-state index contributed by atoms with van der Waals surface area (Å²) in [6.45, 7) is 4.03. The van der Waals surface area contributed by atoms with Gasteiger partial charge in [0, 0.05) is 0 Å². The molecule has 2 aromatic rings. The van der Waals surface area contributed by atoms with Crippen molar-refractivity contribution in [3.63, 3.8) is 0 Å². The number of aryl methyl sites for hydroxylation is 2. The molecule has 0 aliphatic rings. The maximum atomic E-state index is 8.76. The van der Waals surface area contributed by atoms with Crippen molar-refractivity contribution in [3.8, 4) is 11.5 Å². The Labute approximate surface area is 117 Å². The molecule has 1 atom stereocenters. The molecule has 0 saturated carbocycles. The molecule has 0 fully saturated rings. The molecule has 1 N–H and O–H groups in total. The van der Waals surface area contributed by atoms with Crippen molar-refractivity contribution in [3.05, 3.63) is 59.7 Å². The fourth-order valence-electron chi connectivity index (χ4n) is 1.21. The average molecular weight is 293 g/mol. The van der Waals surface area contributed by atoms with Crippen molar-refractivity contribution in [2.45, 2.75) is 13.8 Å². The van der Waals surface area contributed by atoms with Crippen molar-refractivity contribution < 1.29 is 9.63 Å². The van der Waals surface area contributed by atoms with E-state index in [1.54, 1.807) is 12.1 Å². The smallest absolute Gasteiger partial charge is 0.245 e. The van der Waals surface area contributed by atoms with E-state index in [4.69, 9.17) is 9.63 Å². The maximum absolute atomic E-state index is 8.76. The highest BCUT2D eigenvalue weighted by Crippen LogP contribution is 2.17. The topological polar surface area (TPSA) is 41.8 Å². The van der Waals surface area contributed by atoms with Crippen molar-refractivity contribution in [2.75, 3.05) is 0 Å². The summed E-state index contributed by atoms with van der Waals surface area (Å²) in [5.41, 5.74) is 2.40. The number of phenolic OH excluding ortho intramolecular Hbond substituents is 1. The summed E-state index contributed by atoms with van der Waals surface area (Å²) in [7, 11) is 2.86. The minimum absolute atomic E-state index is 0.329. The predicted molar refractivity (Wildman–Crippen MR) is 83.7 cm³/mol. The van der Waals surface area contributed by atoms with E-state index < -0.39 is 0 Å². The number of rotatable bonds is 2. The van der Waals surface area contributed by atoms with Crippen LogP contribution in [0.4, 0.5) is 0 Å². The Bertz CT molecular complexity index is 489. The van der Waals surface area contributed by atoms with Crippen LogP contribution in [0.3, 0.4) is 0 Å². The van der Waals surface area contributed by atoms with Gasteiger partial charge in [0.15, 0.2) is 0 Å². The molecule has 0 bridgehead atoms. The lowest BCUT2D eigenvalue weighted by atomic mass is 10.2. The number of hydrogen-bond acceptors (Lipinski definition) is 3. The van der Waals surface area contributed by atoms with Gasteiger partial charge < -0.3 is 9.63 Å². The molecule has 0 amide bonds. The van der Waals surface area contributed by atoms with E-state index in [9.17, 15) is 0 Å². The molecular weight excluding hydrogens is 276 g/mol. The molecule has 0 aliphatic heterocycles. The second-order valence-electron chi connectivity index (χ2n) is 3.94. The average Bonchev–Trinajstić information content (AvgIpc) is 2.42. The van der Waals surface area contributed by atoms with E-state index >= 15 is 0 Å². The van der Waals surface area contributed by atoms with Crippen LogP contribution in [0.5, 0.6) is 11.5 Å². The second kappa shape index (κ2) is 8.63. The molecule has 5 heteroatoms. The van der Waals surface area contributed by atoms with Crippen LogP contribution in [0.25, 0.3) is 0 Å². The molecule has 0 aromatic heterocycles. The zero-order valence-corrected chi connectivity index (χ0v) is 13.0. The van der Waals surface area contributed by atoms with Crippen molar-refractivity contribution in [2.24, 2.45) is 4.52 Å². The first kappa shape index (κ1) is 15.6. The monoisotopic (exact) mass is 293 g/mol. The first-order valence-corrected chi connectivity index (χ1v) is 6.99. The highest BCUT2D eigenvalue weighted by atomic mass is 31.1. The lowest BCUT2D eigenvalue weighted by Gasteiger charge is -1.96. The normalized spacial score (nSPS) is 9.84. The van der Waals surface area contributed by atoms with E-state index in [0.29, 0.717) is 14.3 Å². The third-order valence-electron chi connectivity index (χ3n) is 2.25. The molecule has 100 valence electrons. The summed E-state index contributed by atoms with van der Waals surface area (Å²) < 4.78 is 8.91. The van der Waals surface area contributed by atoms with Gasteiger partial charge in [-0.25, -0.2) is 4.52 Å². The Morgan fingerprint density at radius 2 is 1.42 bits per heavy atom. The Morgan fingerprint density at radius 3 is 1.84 bits per heavy atom. The van der Waals surface area contributed by atoms with Crippen LogP contribution in [0.15, 0.2) is 53.0 Å². The van der Waals surface area contributed by atoms with Crippen LogP contribution >= 0.6 is 18.0 Å². The summed E-state index contributed by atoms with van der Waals surface area (Å²) in [4.78, 5) is 0. The lowest BCUT2D eigenvalue weighted by molar-refractivity contribution is 0.475. The fourth-order valence-corrected chi connectivity index (χ4v) is 1.62. The van der Waals surface area contributed by atoms with Crippen LogP contribution in [0.1, 0.15) is 11.1 Å². The SMILES string of the molecule is Cc1ccc(O)cc1.Cc1ccc(OP=NP)cc1. The molecule has 1 unspecified atom stereocenters. The molecule has 19 heavy (non-hydrogen) atoms. The zero-order chi connectivity index (χ0) is 14.1. The zero-order valence-electron chi connectivity index (χ0n) is 10.9. The minimum atomic E-state index is 0.329. The second-order valence-corrected chi connectivity index (χ2v) is 5.21. The van der Waals surface area contributed by atoms with Gasteiger partial charge in [0.2, 0.25) is 8.60 Å². The molecule has 0 saturated heterocycles. The van der Waals surface area contributed by atoms with Gasteiger partial charge >= 0.3 is 0 Å². The van der Waals surface area contributed by atoms with Crippen molar-refractivity contribution in [1.82, 2.24) is 0 Å². The largest absolute Gasteiger partial charge is 0.508 e. The van der Waals surface area contributed by atoms with Gasteiger partial charge in [-0.2, -0.15) is 0 Å². The molecular formula is C14H17NO2P2. The van der Waals surface area contributed by atoms with Gasteiger partial charge in [-0.1, -0.05) is 35.4 Å². The van der Waals surface area contributed by atoms with E-state index in [1.165, 1.54) is 11.1 Å². The Balaban J connectivity index is 0.000000200. The minimum Gasteiger partial charge on any atom is -0.508 e. The number of phenols is 1. The third-order valence-corrected chi connectivity index (χ3v) is 2.92. The predicted octanol–water partition coefficient (Wildman–Crippen LogP) is 4.91. The summed E-state index contributed by atoms with van der Waals surface area (Å²) >= 11 is 0. The van der Waals surface area contributed by atoms with Gasteiger partial charge in [0.05, 0.1) is 0 Å². The van der Waals surface area contributed by atoms with E-state index in [2.05, 4.69) is 13.9 Å². The molecule has 3 nitrogen and oxygen atoms in total. The van der Waals surface area contributed by atoms with Crippen molar-refractivity contribution >= 4 is 18.0 Å². The fraction of sp³-hybridized carbons (Fsp3) is 0.143. The summed E-state index contributed by atoms with van der Waals surface area (Å²) in [6, 6.07) is 15.0. The van der Waals surface area contributed by atoms with Gasteiger partial charge in [-0.05, 0) is 47.5 Å². The highest BCUT2D eigenvalue weighted by Gasteiger charge is 1.88. The number of aromatic hydroxyl groups is 1. The van der Waals surface area contributed by atoms with Crippen LogP contribution < -0.4 is 4.52 Å². The molecule has 0 aliphatic carbocycles. The van der Waals surface area contributed by atoms with Gasteiger partial charge in [-0.3, -0.25) is 0 Å². The van der Waals surface area contributed by atoms with Gasteiger partial charge in [-0.15, -0.1) is 0 Å². The van der Waals surface area contributed by atoms with E-state index in [0.717, 1.165) is 5.75 Å². The quantitative estimate of drug-likeness (QED) is 0.799. The number of hydrogen-bond donors (Lipinski definition) is 1. The van der Waals surface area contributed by atoms with E-state index in [-0.39, 0.29) is 0 Å². The summed E-state index contributed by atoms with van der Waals surface area (Å²) in [6.07, 6.45) is 0. The Kier molecular flexibility index (Phi) is 7.10. The molecule has 0 radical (unpaired) electrons. The van der Waals surface area contributed by atoms with Crippen LogP contribution in [-0.2, 0) is 0 Å². The Hall–Kier alpha value is -1.43. The molecule has 0 spiro atoms. The van der Waals surface area contributed by atoms with Crippen LogP contribution in [0, 0.1) is 13.8 Å². The van der Waals surface area contributed by atoms with Crippen LogP contribution in [-0.4, -0.2) is 5.11 Å². The summed E-state index contributed by atoms with van der Waals surface area (Å²) in [5, 5.41) is 8.76. The molecule has 0 heterocycles. The lowest BCUT2D eigenvalue weighted by Crippen LogP contribution is -1.74. The third kappa shape index (κ3) is 6.91. The number of nitrogens with zero attached hydrogens (tertiary/aromatic N) is 1. The Morgan fingerprint density at radius 1 is 0.947 bits per heavy atom. The first-order valence-electron chi connectivity index (χ1n) is 5.71. The van der Waals surface area contributed by atoms with Gasteiger partial charge in [0.1, 0.15) is 11.5 Å². The number of benzene rings is 2. The van der Waals surface area contributed by atoms with Crippen molar-refractivity contribution in [1.29, 1.82) is 0 Å². The first-order chi connectivity index (χ1) is 9.11. The maximum Gasteiger partial charge on any atom is 0.245 e. The molecule has 2 aromatic carbocycles. The highest BCUT2D eigenvalue weighted by molar-refractivity contribution is 7.31. The van der Waals surface area contributed by atoms with Crippen LogP contribution in [0.2, 0.25) is 0 Å². The summed E-state index contributed by atoms with van der Waals surface area (Å²) in [5.74, 6) is 1.18. The van der Waals surface area contributed by atoms with Gasteiger partial charge in [0.25, 0.3) is 0 Å². The standard InChI is InChI=1S/C7H9NOP2.C7H8O/c1-6-2-4-7(5-3-6)9-11-8-10;1-6-2-4-7(8)5-3-6/h2-5H,10H2,1H3;2-5,8H,1H3. The van der Waals surface area contributed by atoms with E-state index in [1.807, 2.05) is 50.2 Å². The molecule has 2 rings (SSSR count).